The Kier molecular flexibility index (Phi) is 4.12. The third-order valence-electron chi connectivity index (χ3n) is 2.52. The number of Topliss-reactive ketones (excluding diaryl/α,β-unsaturated/α-hetero) is 1. The number of rotatable bonds is 3. The normalized spacial score (nSPS) is 10.3. The number of anilines is 1. The first-order valence-electron chi connectivity index (χ1n) is 5.51. The van der Waals surface area contributed by atoms with Crippen molar-refractivity contribution in [2.24, 2.45) is 0 Å². The quantitative estimate of drug-likeness (QED) is 0.652. The second-order valence-corrected chi connectivity index (χ2v) is 5.30. The molecule has 0 aliphatic heterocycles. The molecule has 3 nitrogen and oxygen atoms in total. The zero-order valence-corrected chi connectivity index (χ0v) is 12.5. The fourth-order valence-electron chi connectivity index (χ4n) is 1.61. The second kappa shape index (κ2) is 5.63. The van der Waals surface area contributed by atoms with Gasteiger partial charge in [-0.05, 0) is 37.3 Å². The molecule has 2 rings (SSSR count). The van der Waals surface area contributed by atoms with Crippen molar-refractivity contribution in [1.29, 1.82) is 0 Å². The Morgan fingerprint density at radius 1 is 1.26 bits per heavy atom. The molecule has 0 atom stereocenters. The lowest BCUT2D eigenvalue weighted by Crippen LogP contribution is -1.99. The van der Waals surface area contributed by atoms with Crippen molar-refractivity contribution in [2.45, 2.75) is 6.92 Å². The zero-order chi connectivity index (χ0) is 14.0. The van der Waals surface area contributed by atoms with Gasteiger partial charge >= 0.3 is 0 Å². The number of ketones is 1. The van der Waals surface area contributed by atoms with Gasteiger partial charge in [-0.1, -0.05) is 27.5 Å². The van der Waals surface area contributed by atoms with Crippen LogP contribution in [0.3, 0.4) is 0 Å². The molecule has 5 heteroatoms. The Morgan fingerprint density at radius 3 is 2.58 bits per heavy atom. The Morgan fingerprint density at radius 2 is 2.00 bits per heavy atom. The number of carbonyl (C=O) groups is 1. The van der Waals surface area contributed by atoms with Crippen molar-refractivity contribution in [2.75, 3.05) is 5.73 Å². The van der Waals surface area contributed by atoms with Crippen LogP contribution in [0.25, 0.3) is 0 Å². The molecule has 0 saturated heterocycles. The van der Waals surface area contributed by atoms with Gasteiger partial charge in [0.25, 0.3) is 0 Å². The maximum absolute atomic E-state index is 11.3. The van der Waals surface area contributed by atoms with Crippen molar-refractivity contribution in [1.82, 2.24) is 0 Å². The lowest BCUT2D eigenvalue weighted by Gasteiger charge is -2.09. The van der Waals surface area contributed by atoms with Gasteiger partial charge in [-0.3, -0.25) is 4.79 Å². The summed E-state index contributed by atoms with van der Waals surface area (Å²) in [7, 11) is 0. The van der Waals surface area contributed by atoms with Gasteiger partial charge < -0.3 is 10.5 Å². The van der Waals surface area contributed by atoms with Gasteiger partial charge in [0.2, 0.25) is 0 Å². The molecule has 0 heterocycles. The molecule has 0 aromatic heterocycles. The first kappa shape index (κ1) is 13.9. The van der Waals surface area contributed by atoms with Crippen molar-refractivity contribution >= 4 is 39.0 Å². The Hall–Kier alpha value is -1.52. The molecule has 0 unspecified atom stereocenters. The number of nitrogen functional groups attached to an aromatic ring is 1. The first-order valence-corrected chi connectivity index (χ1v) is 6.68. The molecule has 0 fully saturated rings. The molecule has 0 aliphatic carbocycles. The van der Waals surface area contributed by atoms with Crippen molar-refractivity contribution in [3.63, 3.8) is 0 Å². The van der Waals surface area contributed by atoms with Crippen LogP contribution in [0.2, 0.25) is 5.02 Å². The Balaban J connectivity index is 2.29. The van der Waals surface area contributed by atoms with Crippen LogP contribution in [-0.2, 0) is 0 Å². The monoisotopic (exact) mass is 339 g/mol. The molecule has 0 saturated carbocycles. The highest BCUT2D eigenvalue weighted by molar-refractivity contribution is 9.10. The average molecular weight is 341 g/mol. The number of nitrogens with two attached hydrogens (primary N) is 1. The van der Waals surface area contributed by atoms with Crippen LogP contribution in [0.5, 0.6) is 11.5 Å². The average Bonchev–Trinajstić information content (AvgIpc) is 2.32. The van der Waals surface area contributed by atoms with Gasteiger partial charge in [0.15, 0.2) is 5.78 Å². The minimum atomic E-state index is -0.0780. The topological polar surface area (TPSA) is 52.3 Å². The van der Waals surface area contributed by atoms with Gasteiger partial charge in [-0.25, -0.2) is 0 Å². The maximum Gasteiger partial charge on any atom is 0.161 e. The van der Waals surface area contributed by atoms with E-state index in [1.54, 1.807) is 30.3 Å². The van der Waals surface area contributed by atoms with Crippen LogP contribution < -0.4 is 10.5 Å². The molecule has 0 bridgehead atoms. The van der Waals surface area contributed by atoms with Crippen molar-refractivity contribution in [3.05, 3.63) is 51.5 Å². The van der Waals surface area contributed by atoms with Crippen LogP contribution in [0, 0.1) is 0 Å². The molecule has 2 aromatic rings. The van der Waals surface area contributed by atoms with E-state index in [1.165, 1.54) is 6.92 Å². The van der Waals surface area contributed by atoms with E-state index in [2.05, 4.69) is 15.9 Å². The summed E-state index contributed by atoms with van der Waals surface area (Å²) >= 11 is 9.38. The molecule has 2 aromatic carbocycles. The molecule has 0 radical (unpaired) electrons. The molecular formula is C14H11BrClNO2. The highest BCUT2D eigenvalue weighted by atomic mass is 79.9. The van der Waals surface area contributed by atoms with E-state index < -0.39 is 0 Å². The summed E-state index contributed by atoms with van der Waals surface area (Å²) in [5.74, 6) is 0.984. The van der Waals surface area contributed by atoms with Crippen LogP contribution in [0.1, 0.15) is 17.3 Å². The highest BCUT2D eigenvalue weighted by Gasteiger charge is 2.08. The van der Waals surface area contributed by atoms with E-state index in [-0.39, 0.29) is 5.78 Å². The molecule has 0 amide bonds. The van der Waals surface area contributed by atoms with Gasteiger partial charge in [0.1, 0.15) is 11.5 Å². The van der Waals surface area contributed by atoms with Crippen LogP contribution in [0.4, 0.5) is 5.69 Å². The van der Waals surface area contributed by atoms with E-state index in [9.17, 15) is 4.79 Å². The van der Waals surface area contributed by atoms with E-state index in [4.69, 9.17) is 22.1 Å². The van der Waals surface area contributed by atoms with Crippen molar-refractivity contribution < 1.29 is 9.53 Å². The molecule has 98 valence electrons. The highest BCUT2D eigenvalue weighted by Crippen LogP contribution is 2.32. The van der Waals surface area contributed by atoms with Gasteiger partial charge in [0.05, 0.1) is 5.02 Å². The summed E-state index contributed by atoms with van der Waals surface area (Å²) in [5.41, 5.74) is 6.66. The van der Waals surface area contributed by atoms with Gasteiger partial charge in [0, 0.05) is 21.8 Å². The number of carbonyl (C=O) groups excluding carboxylic acids is 1. The maximum atomic E-state index is 11.3. The minimum absolute atomic E-state index is 0.0780. The summed E-state index contributed by atoms with van der Waals surface area (Å²) in [6, 6.07) is 10.3. The lowest BCUT2D eigenvalue weighted by atomic mass is 10.1. The number of hydrogen-bond acceptors (Lipinski definition) is 3. The smallest absolute Gasteiger partial charge is 0.161 e. The predicted molar refractivity (Wildman–Crippen MR) is 80.1 cm³/mol. The Bertz CT molecular complexity index is 643. The summed E-state index contributed by atoms with van der Waals surface area (Å²) in [6.07, 6.45) is 0. The molecule has 0 aliphatic rings. The summed E-state index contributed by atoms with van der Waals surface area (Å²) in [6.45, 7) is 1.47. The Labute approximate surface area is 124 Å². The van der Waals surface area contributed by atoms with E-state index in [0.29, 0.717) is 27.8 Å². The predicted octanol–water partition coefficient (Wildman–Crippen LogP) is 4.68. The third-order valence-corrected chi connectivity index (χ3v) is 3.31. The second-order valence-electron chi connectivity index (χ2n) is 3.98. The van der Waals surface area contributed by atoms with E-state index >= 15 is 0 Å². The van der Waals surface area contributed by atoms with Crippen LogP contribution >= 0.6 is 27.5 Å². The van der Waals surface area contributed by atoms with Crippen LogP contribution in [0.15, 0.2) is 40.9 Å². The molecule has 0 spiro atoms. The number of benzene rings is 2. The summed E-state index contributed by atoms with van der Waals surface area (Å²) < 4.78 is 6.51. The fraction of sp³-hybridized carbons (Fsp3) is 0.0714. The standard InChI is InChI=1S/C14H11BrClNO2/c1-8(18)11-4-3-10(7-13(11)17)19-14-5-2-9(15)6-12(14)16/h2-7H,17H2,1H3. The number of halogens is 2. The largest absolute Gasteiger partial charge is 0.456 e. The third kappa shape index (κ3) is 3.28. The fourth-order valence-corrected chi connectivity index (χ4v) is 2.32. The first-order chi connectivity index (χ1) is 8.97. The zero-order valence-electron chi connectivity index (χ0n) is 10.1. The van der Waals surface area contributed by atoms with Crippen molar-refractivity contribution in [3.8, 4) is 11.5 Å². The van der Waals surface area contributed by atoms with Gasteiger partial charge in [-0.2, -0.15) is 0 Å². The van der Waals surface area contributed by atoms with Gasteiger partial charge in [-0.15, -0.1) is 0 Å². The van der Waals surface area contributed by atoms with Crippen LogP contribution in [-0.4, -0.2) is 5.78 Å². The summed E-state index contributed by atoms with van der Waals surface area (Å²) in [4.78, 5) is 11.3. The molecular weight excluding hydrogens is 330 g/mol. The molecule has 2 N–H and O–H groups in total. The molecule has 19 heavy (non-hydrogen) atoms. The minimum Gasteiger partial charge on any atom is -0.456 e. The number of ether oxygens (including phenoxy) is 1. The number of hydrogen-bond donors (Lipinski definition) is 1. The SMILES string of the molecule is CC(=O)c1ccc(Oc2ccc(Br)cc2Cl)cc1N. The lowest BCUT2D eigenvalue weighted by molar-refractivity contribution is 0.101. The van der Waals surface area contributed by atoms with E-state index in [1.807, 2.05) is 6.07 Å². The summed E-state index contributed by atoms with van der Waals surface area (Å²) in [5, 5.41) is 0.489. The van der Waals surface area contributed by atoms with E-state index in [0.717, 1.165) is 4.47 Å².